The van der Waals surface area contributed by atoms with Crippen LogP contribution in [0.4, 0.5) is 11.4 Å². The number of hydrogen-bond acceptors (Lipinski definition) is 3. The van der Waals surface area contributed by atoms with E-state index in [0.717, 1.165) is 29.2 Å². The van der Waals surface area contributed by atoms with Crippen LogP contribution in [0.3, 0.4) is 0 Å². The van der Waals surface area contributed by atoms with Gasteiger partial charge in [0.05, 0.1) is 6.61 Å². The first-order chi connectivity index (χ1) is 8.76. The quantitative estimate of drug-likeness (QED) is 0.895. The lowest BCUT2D eigenvalue weighted by Crippen LogP contribution is -2.18. The number of aliphatic hydroxyl groups is 1. The van der Waals surface area contributed by atoms with Crippen molar-refractivity contribution in [2.45, 2.75) is 20.5 Å². The zero-order valence-corrected chi connectivity index (χ0v) is 10.8. The van der Waals surface area contributed by atoms with E-state index in [1.54, 1.807) is 6.20 Å². The van der Waals surface area contributed by atoms with Crippen LogP contribution in [0.1, 0.15) is 18.2 Å². The number of hydrogen-bond donors (Lipinski definition) is 1. The van der Waals surface area contributed by atoms with Crippen molar-refractivity contribution in [2.75, 3.05) is 11.4 Å². The second kappa shape index (κ2) is 5.65. The van der Waals surface area contributed by atoms with Crippen LogP contribution in [0.25, 0.3) is 0 Å². The first-order valence-electron chi connectivity index (χ1n) is 6.15. The van der Waals surface area contributed by atoms with Crippen LogP contribution in [-0.2, 0) is 6.61 Å². The average molecular weight is 242 g/mol. The highest BCUT2D eigenvalue weighted by atomic mass is 16.3. The molecule has 0 radical (unpaired) electrons. The molecule has 0 amide bonds. The van der Waals surface area contributed by atoms with Crippen LogP contribution in [0.5, 0.6) is 0 Å². The molecule has 0 bridgehead atoms. The molecule has 0 aliphatic heterocycles. The minimum atomic E-state index is 0.00590. The summed E-state index contributed by atoms with van der Waals surface area (Å²) in [5, 5.41) is 9.43. The zero-order valence-electron chi connectivity index (χ0n) is 10.8. The Morgan fingerprint density at radius 3 is 2.56 bits per heavy atom. The van der Waals surface area contributed by atoms with Gasteiger partial charge in [0.2, 0.25) is 0 Å². The summed E-state index contributed by atoms with van der Waals surface area (Å²) in [5.41, 5.74) is 3.96. The van der Waals surface area contributed by atoms with Crippen molar-refractivity contribution >= 4 is 11.4 Å². The molecule has 1 N–H and O–H groups in total. The van der Waals surface area contributed by atoms with Crippen LogP contribution in [0.2, 0.25) is 0 Å². The molecule has 0 aliphatic rings. The van der Waals surface area contributed by atoms with Crippen molar-refractivity contribution in [2.24, 2.45) is 0 Å². The normalized spacial score (nSPS) is 10.4. The Morgan fingerprint density at radius 1 is 1.22 bits per heavy atom. The Bertz CT molecular complexity index is 511. The fraction of sp³-hybridized carbons (Fsp3) is 0.267. The van der Waals surface area contributed by atoms with Gasteiger partial charge >= 0.3 is 0 Å². The maximum atomic E-state index is 9.43. The summed E-state index contributed by atoms with van der Waals surface area (Å²) in [6, 6.07) is 12.2. The smallest absolute Gasteiger partial charge is 0.0717 e. The number of aryl methyl sites for hydroxylation is 1. The first kappa shape index (κ1) is 12.6. The highest BCUT2D eigenvalue weighted by Gasteiger charge is 2.11. The summed E-state index contributed by atoms with van der Waals surface area (Å²) in [6.45, 7) is 4.92. The molecular weight excluding hydrogens is 224 g/mol. The van der Waals surface area contributed by atoms with Crippen molar-refractivity contribution in [3.05, 3.63) is 53.9 Å². The van der Waals surface area contributed by atoms with Crippen molar-refractivity contribution < 1.29 is 5.11 Å². The molecule has 1 aromatic heterocycles. The van der Waals surface area contributed by atoms with Gasteiger partial charge in [0.25, 0.3) is 0 Å². The molecule has 3 heteroatoms. The molecule has 18 heavy (non-hydrogen) atoms. The fourth-order valence-electron chi connectivity index (χ4n) is 2.05. The summed E-state index contributed by atoms with van der Waals surface area (Å²) >= 11 is 0. The molecule has 94 valence electrons. The summed E-state index contributed by atoms with van der Waals surface area (Å²) < 4.78 is 0. The van der Waals surface area contributed by atoms with Crippen molar-refractivity contribution in [1.29, 1.82) is 0 Å². The Hall–Kier alpha value is -1.87. The second-order valence-electron chi connectivity index (χ2n) is 4.19. The summed E-state index contributed by atoms with van der Waals surface area (Å²) in [6.07, 6.45) is 1.75. The number of aliphatic hydroxyl groups excluding tert-OH is 1. The van der Waals surface area contributed by atoms with Crippen molar-refractivity contribution in [1.82, 2.24) is 4.98 Å². The third-order valence-corrected chi connectivity index (χ3v) is 2.94. The Balaban J connectivity index is 2.48. The standard InChI is InChI=1S/C15H18N2O/c1-3-17(14-7-5-4-6-8-14)15-9-12(2)16-10-13(15)11-18/h4-10,18H,3,11H2,1-2H3. The lowest BCUT2D eigenvalue weighted by Gasteiger charge is -2.25. The Morgan fingerprint density at radius 2 is 1.94 bits per heavy atom. The minimum absolute atomic E-state index is 0.00590. The predicted octanol–water partition coefficient (Wildman–Crippen LogP) is 3.04. The van der Waals surface area contributed by atoms with Gasteiger partial charge in [0.1, 0.15) is 0 Å². The van der Waals surface area contributed by atoms with Gasteiger partial charge in [0, 0.05) is 35.4 Å². The topological polar surface area (TPSA) is 36.4 Å². The van der Waals surface area contributed by atoms with E-state index in [9.17, 15) is 5.11 Å². The molecule has 0 saturated carbocycles. The second-order valence-corrected chi connectivity index (χ2v) is 4.19. The monoisotopic (exact) mass is 242 g/mol. The lowest BCUT2D eigenvalue weighted by atomic mass is 10.1. The van der Waals surface area contributed by atoms with Gasteiger partial charge in [-0.05, 0) is 32.0 Å². The molecule has 0 fully saturated rings. The van der Waals surface area contributed by atoms with Gasteiger partial charge in [-0.3, -0.25) is 4.98 Å². The third kappa shape index (κ3) is 2.51. The molecule has 0 spiro atoms. The van der Waals surface area contributed by atoms with E-state index in [0.29, 0.717) is 0 Å². The summed E-state index contributed by atoms with van der Waals surface area (Å²) in [4.78, 5) is 6.42. The van der Waals surface area contributed by atoms with E-state index in [1.165, 1.54) is 0 Å². The first-order valence-corrected chi connectivity index (χ1v) is 6.15. The molecule has 2 aromatic rings. The molecule has 3 nitrogen and oxygen atoms in total. The SMILES string of the molecule is CCN(c1ccccc1)c1cc(C)ncc1CO. The molecule has 1 heterocycles. The highest BCUT2D eigenvalue weighted by Crippen LogP contribution is 2.28. The number of pyridine rings is 1. The molecule has 2 rings (SSSR count). The van der Waals surface area contributed by atoms with Gasteiger partial charge < -0.3 is 10.0 Å². The molecule has 0 saturated heterocycles. The molecule has 0 unspecified atom stereocenters. The molecule has 0 aliphatic carbocycles. The van der Waals surface area contributed by atoms with Gasteiger partial charge in [-0.2, -0.15) is 0 Å². The van der Waals surface area contributed by atoms with E-state index in [2.05, 4.69) is 28.9 Å². The Kier molecular flexibility index (Phi) is 3.95. The van der Waals surface area contributed by atoms with Crippen molar-refractivity contribution in [3.8, 4) is 0 Å². The maximum Gasteiger partial charge on any atom is 0.0717 e. The maximum absolute atomic E-state index is 9.43. The van der Waals surface area contributed by atoms with E-state index < -0.39 is 0 Å². The average Bonchev–Trinajstić information content (AvgIpc) is 2.41. The van der Waals surface area contributed by atoms with Crippen LogP contribution < -0.4 is 4.90 Å². The molecule has 1 aromatic carbocycles. The van der Waals surface area contributed by atoms with Gasteiger partial charge in [0.15, 0.2) is 0 Å². The molecule has 0 atom stereocenters. The van der Waals surface area contributed by atoms with Crippen LogP contribution >= 0.6 is 0 Å². The largest absolute Gasteiger partial charge is 0.392 e. The fourth-order valence-corrected chi connectivity index (χ4v) is 2.05. The highest BCUT2D eigenvalue weighted by molar-refractivity contribution is 5.66. The van der Waals surface area contributed by atoms with E-state index in [-0.39, 0.29) is 6.61 Å². The van der Waals surface area contributed by atoms with Crippen LogP contribution in [0, 0.1) is 6.92 Å². The zero-order chi connectivity index (χ0) is 13.0. The van der Waals surface area contributed by atoms with Crippen LogP contribution in [0.15, 0.2) is 42.6 Å². The number of para-hydroxylation sites is 1. The lowest BCUT2D eigenvalue weighted by molar-refractivity contribution is 0.281. The molecular formula is C15H18N2O. The van der Waals surface area contributed by atoms with Crippen LogP contribution in [-0.4, -0.2) is 16.6 Å². The summed E-state index contributed by atoms with van der Waals surface area (Å²) in [7, 11) is 0. The summed E-state index contributed by atoms with van der Waals surface area (Å²) in [5.74, 6) is 0. The predicted molar refractivity (Wildman–Crippen MR) is 74.0 cm³/mol. The number of aromatic nitrogens is 1. The number of benzene rings is 1. The van der Waals surface area contributed by atoms with E-state index >= 15 is 0 Å². The van der Waals surface area contributed by atoms with Gasteiger partial charge in [-0.25, -0.2) is 0 Å². The van der Waals surface area contributed by atoms with Crippen molar-refractivity contribution in [3.63, 3.8) is 0 Å². The Labute approximate surface area is 108 Å². The van der Waals surface area contributed by atoms with E-state index in [1.807, 2.05) is 31.2 Å². The third-order valence-electron chi connectivity index (χ3n) is 2.94. The number of anilines is 2. The van der Waals surface area contributed by atoms with Gasteiger partial charge in [-0.1, -0.05) is 18.2 Å². The number of nitrogens with zero attached hydrogens (tertiary/aromatic N) is 2. The minimum Gasteiger partial charge on any atom is -0.392 e. The van der Waals surface area contributed by atoms with Gasteiger partial charge in [-0.15, -0.1) is 0 Å². The number of rotatable bonds is 4. The van der Waals surface area contributed by atoms with E-state index in [4.69, 9.17) is 0 Å².